The van der Waals surface area contributed by atoms with Gasteiger partial charge < -0.3 is 15.5 Å². The summed E-state index contributed by atoms with van der Waals surface area (Å²) in [4.78, 5) is 25.3. The van der Waals surface area contributed by atoms with Gasteiger partial charge in [0.2, 0.25) is 11.8 Å². The second kappa shape index (κ2) is 9.86. The maximum absolute atomic E-state index is 13.1. The number of hydrogen-bond donors (Lipinski definition) is 3. The van der Waals surface area contributed by atoms with Crippen molar-refractivity contribution in [2.24, 2.45) is 0 Å². The van der Waals surface area contributed by atoms with Gasteiger partial charge in [-0.15, -0.1) is 24.8 Å². The molecule has 0 bridgehead atoms. The Labute approximate surface area is 157 Å². The van der Waals surface area contributed by atoms with Crippen molar-refractivity contribution in [3.05, 3.63) is 24.3 Å². The number of rotatable bonds is 5. The highest BCUT2D eigenvalue weighted by molar-refractivity contribution is 5.96. The zero-order chi connectivity index (χ0) is 17.0. The molecule has 0 radical (unpaired) electrons. The van der Waals surface area contributed by atoms with Gasteiger partial charge in [0.05, 0.1) is 19.1 Å². The highest BCUT2D eigenvalue weighted by Gasteiger charge is 2.42. The molecule has 2 rings (SSSR count). The average Bonchev–Trinajstić information content (AvgIpc) is 2.80. The number of hydrogen-bond acceptors (Lipinski definition) is 4. The van der Waals surface area contributed by atoms with Crippen LogP contribution in [0.25, 0.3) is 0 Å². The van der Waals surface area contributed by atoms with Crippen molar-refractivity contribution in [2.75, 3.05) is 37.8 Å². The van der Waals surface area contributed by atoms with Crippen LogP contribution in [0.4, 0.5) is 20.2 Å². The fourth-order valence-corrected chi connectivity index (χ4v) is 2.25. The van der Waals surface area contributed by atoms with Crippen molar-refractivity contribution in [3.63, 3.8) is 0 Å². The number of alkyl halides is 2. The Balaban J connectivity index is 0.00000288. The van der Waals surface area contributed by atoms with Crippen LogP contribution in [-0.2, 0) is 9.59 Å². The van der Waals surface area contributed by atoms with Gasteiger partial charge in [-0.2, -0.15) is 0 Å². The van der Waals surface area contributed by atoms with Gasteiger partial charge in [-0.05, 0) is 38.4 Å². The van der Waals surface area contributed by atoms with Crippen LogP contribution in [0.15, 0.2) is 24.3 Å². The minimum Gasteiger partial charge on any atom is -0.325 e. The zero-order valence-electron chi connectivity index (χ0n) is 13.8. The minimum atomic E-state index is -2.84. The molecule has 1 aliphatic heterocycles. The number of nitrogens with one attached hydrogen (secondary N) is 3. The Morgan fingerprint density at radius 3 is 2.12 bits per heavy atom. The monoisotopic (exact) mass is 398 g/mol. The lowest BCUT2D eigenvalue weighted by atomic mass is 10.2. The van der Waals surface area contributed by atoms with E-state index in [9.17, 15) is 18.4 Å². The molecule has 1 unspecified atom stereocenters. The quantitative estimate of drug-likeness (QED) is 0.708. The number of nitrogens with zero attached hydrogens (tertiary/aromatic N) is 1. The summed E-state index contributed by atoms with van der Waals surface area (Å²) in [6.07, 6.45) is -0.502. The van der Waals surface area contributed by atoms with Crippen molar-refractivity contribution in [3.8, 4) is 0 Å². The summed E-state index contributed by atoms with van der Waals surface area (Å²) in [5, 5.41) is 7.79. The molecular formula is C15H22Cl2F2N4O2. The molecule has 0 spiro atoms. The number of carbonyl (C=O) groups is 2. The van der Waals surface area contributed by atoms with Gasteiger partial charge in [0.25, 0.3) is 5.92 Å². The van der Waals surface area contributed by atoms with Crippen LogP contribution in [0, 0.1) is 0 Å². The Morgan fingerprint density at radius 2 is 1.68 bits per heavy atom. The van der Waals surface area contributed by atoms with E-state index in [0.717, 1.165) is 0 Å². The molecule has 25 heavy (non-hydrogen) atoms. The van der Waals surface area contributed by atoms with Gasteiger partial charge in [-0.25, -0.2) is 8.78 Å². The number of halogens is 4. The second-order valence-corrected chi connectivity index (χ2v) is 5.85. The molecule has 6 nitrogen and oxygen atoms in total. The van der Waals surface area contributed by atoms with Crippen molar-refractivity contribution in [1.29, 1.82) is 0 Å². The van der Waals surface area contributed by atoms with E-state index in [1.54, 1.807) is 43.3 Å². The fraction of sp³-hybridized carbons (Fsp3) is 0.467. The van der Waals surface area contributed by atoms with E-state index in [4.69, 9.17) is 0 Å². The third-order valence-corrected chi connectivity index (χ3v) is 3.32. The molecular weight excluding hydrogens is 377 g/mol. The topological polar surface area (TPSA) is 73.5 Å². The molecule has 1 heterocycles. The Kier molecular flexibility index (Phi) is 9.28. The van der Waals surface area contributed by atoms with Crippen LogP contribution in [0.1, 0.15) is 6.42 Å². The molecule has 1 aromatic rings. The summed E-state index contributed by atoms with van der Waals surface area (Å²) in [5.41, 5.74) is 1.08. The van der Waals surface area contributed by atoms with E-state index in [0.29, 0.717) is 11.4 Å². The predicted molar refractivity (Wildman–Crippen MR) is 98.1 cm³/mol. The van der Waals surface area contributed by atoms with Crippen LogP contribution in [0.3, 0.4) is 0 Å². The van der Waals surface area contributed by atoms with E-state index < -0.39 is 30.8 Å². The van der Waals surface area contributed by atoms with Crippen LogP contribution in [0.5, 0.6) is 0 Å². The third-order valence-electron chi connectivity index (χ3n) is 3.32. The molecule has 10 heteroatoms. The molecule has 0 aliphatic carbocycles. The number of carbonyl (C=O) groups excluding carboxylic acids is 2. The van der Waals surface area contributed by atoms with Gasteiger partial charge in [0, 0.05) is 17.8 Å². The predicted octanol–water partition coefficient (Wildman–Crippen LogP) is 1.97. The molecule has 3 N–H and O–H groups in total. The summed E-state index contributed by atoms with van der Waals surface area (Å²) < 4.78 is 26.1. The zero-order valence-corrected chi connectivity index (χ0v) is 15.5. The molecule has 0 aromatic heterocycles. The first kappa shape index (κ1) is 23.5. The summed E-state index contributed by atoms with van der Waals surface area (Å²) in [6, 6.07) is 5.59. The van der Waals surface area contributed by atoms with Crippen molar-refractivity contribution in [1.82, 2.24) is 10.2 Å². The Hall–Kier alpha value is -1.48. The molecule has 1 aromatic carbocycles. The van der Waals surface area contributed by atoms with Crippen LogP contribution < -0.4 is 16.0 Å². The smallest absolute Gasteiger partial charge is 0.262 e. The first-order valence-electron chi connectivity index (χ1n) is 7.22. The fourth-order valence-electron chi connectivity index (χ4n) is 2.25. The van der Waals surface area contributed by atoms with Crippen LogP contribution >= 0.6 is 24.8 Å². The third kappa shape index (κ3) is 7.52. The van der Waals surface area contributed by atoms with Gasteiger partial charge >= 0.3 is 0 Å². The summed E-state index contributed by atoms with van der Waals surface area (Å²) in [7, 11) is 3.58. The minimum absolute atomic E-state index is 0. The summed E-state index contributed by atoms with van der Waals surface area (Å²) >= 11 is 0. The lowest BCUT2D eigenvalue weighted by molar-refractivity contribution is -0.118. The average molecular weight is 399 g/mol. The maximum Gasteiger partial charge on any atom is 0.262 e. The van der Waals surface area contributed by atoms with Crippen LogP contribution in [0.2, 0.25) is 0 Å². The number of likely N-dealkylation sites (N-methyl/N-ethyl adjacent to an activating group) is 1. The summed E-state index contributed by atoms with van der Waals surface area (Å²) in [6.45, 7) is -0.220. The first-order chi connectivity index (χ1) is 10.7. The largest absolute Gasteiger partial charge is 0.325 e. The van der Waals surface area contributed by atoms with Gasteiger partial charge in [0.15, 0.2) is 0 Å². The van der Waals surface area contributed by atoms with E-state index in [-0.39, 0.29) is 37.3 Å². The number of amides is 2. The van der Waals surface area contributed by atoms with Crippen molar-refractivity contribution < 1.29 is 18.4 Å². The van der Waals surface area contributed by atoms with Gasteiger partial charge in [-0.1, -0.05) is 0 Å². The molecule has 1 fully saturated rings. The molecule has 1 saturated heterocycles. The summed E-state index contributed by atoms with van der Waals surface area (Å²) in [5.74, 6) is -3.49. The second-order valence-electron chi connectivity index (χ2n) is 5.85. The van der Waals surface area contributed by atoms with Crippen molar-refractivity contribution >= 4 is 48.0 Å². The Morgan fingerprint density at radius 1 is 1.16 bits per heavy atom. The number of benzene rings is 1. The molecule has 142 valence electrons. The molecule has 2 amide bonds. The first-order valence-corrected chi connectivity index (χ1v) is 7.22. The lowest BCUT2D eigenvalue weighted by Crippen LogP contribution is -2.35. The molecule has 1 aliphatic rings. The van der Waals surface area contributed by atoms with Gasteiger partial charge in [0.1, 0.15) is 0 Å². The normalized spacial score (nSPS) is 18.0. The van der Waals surface area contributed by atoms with E-state index in [1.165, 1.54) is 0 Å². The molecule has 1 atom stereocenters. The maximum atomic E-state index is 13.1. The number of anilines is 2. The SMILES string of the molecule is CN(C)CC(=O)Nc1ccc(NC(=O)C2CC(F)(F)CN2)cc1.Cl.Cl. The molecule has 0 saturated carbocycles. The highest BCUT2D eigenvalue weighted by atomic mass is 35.5. The Bertz CT molecular complexity index is 585. The van der Waals surface area contributed by atoms with E-state index in [2.05, 4.69) is 16.0 Å². The van der Waals surface area contributed by atoms with E-state index >= 15 is 0 Å². The van der Waals surface area contributed by atoms with Crippen molar-refractivity contribution in [2.45, 2.75) is 18.4 Å². The lowest BCUT2D eigenvalue weighted by Gasteiger charge is -2.12. The van der Waals surface area contributed by atoms with Gasteiger partial charge in [-0.3, -0.25) is 14.9 Å². The standard InChI is InChI=1S/C15H20F2N4O2.2ClH/c1-21(2)8-13(22)19-10-3-5-11(6-4-10)20-14(23)12-7-15(16,17)9-18-12;;/h3-6,12,18H,7-9H2,1-2H3,(H,19,22)(H,20,23);2*1H. The van der Waals surface area contributed by atoms with Crippen LogP contribution in [-0.4, -0.2) is 55.9 Å². The highest BCUT2D eigenvalue weighted by Crippen LogP contribution is 2.25. The van der Waals surface area contributed by atoms with E-state index in [1.807, 2.05) is 0 Å².